The molecule has 3 aromatic carbocycles. The number of amides is 1. The molecule has 156 valence electrons. The maximum absolute atomic E-state index is 12.4. The lowest BCUT2D eigenvalue weighted by atomic mass is 10.1. The number of nitrogens with one attached hydrogen (secondary N) is 2. The SMILES string of the molecule is CCc1ccc(C(=O)NC(=S)Nc2cc3nn(-c4ccc(C)cc4)nc3cc2Cl)cc1. The first-order valence-electron chi connectivity index (χ1n) is 9.78. The van der Waals surface area contributed by atoms with Crippen LogP contribution in [0.1, 0.15) is 28.4 Å². The Hall–Kier alpha value is -3.29. The van der Waals surface area contributed by atoms with Gasteiger partial charge < -0.3 is 5.32 Å². The normalized spacial score (nSPS) is 10.8. The minimum Gasteiger partial charge on any atom is -0.331 e. The van der Waals surface area contributed by atoms with E-state index in [2.05, 4.69) is 27.8 Å². The molecule has 0 aliphatic heterocycles. The summed E-state index contributed by atoms with van der Waals surface area (Å²) in [5.41, 5.74) is 5.55. The van der Waals surface area contributed by atoms with Gasteiger partial charge in [0.15, 0.2) is 5.11 Å². The van der Waals surface area contributed by atoms with Crippen molar-refractivity contribution in [3.63, 3.8) is 0 Å². The summed E-state index contributed by atoms with van der Waals surface area (Å²) in [4.78, 5) is 14.0. The Morgan fingerprint density at radius 1 is 1.03 bits per heavy atom. The van der Waals surface area contributed by atoms with Gasteiger partial charge >= 0.3 is 0 Å². The molecule has 0 spiro atoms. The van der Waals surface area contributed by atoms with E-state index in [0.717, 1.165) is 23.2 Å². The number of hydrogen-bond donors (Lipinski definition) is 2. The van der Waals surface area contributed by atoms with E-state index in [0.29, 0.717) is 27.3 Å². The minimum atomic E-state index is -0.289. The van der Waals surface area contributed by atoms with Crippen molar-refractivity contribution in [1.29, 1.82) is 0 Å². The second-order valence-electron chi connectivity index (χ2n) is 7.10. The number of nitrogens with zero attached hydrogens (tertiary/aromatic N) is 3. The van der Waals surface area contributed by atoms with Gasteiger partial charge in [-0.05, 0) is 67.5 Å². The number of halogens is 1. The van der Waals surface area contributed by atoms with E-state index in [4.69, 9.17) is 23.8 Å². The standard InChI is InChI=1S/C23H20ClN5OS/c1-3-15-6-8-16(9-7-15)22(30)26-23(31)25-19-13-21-20(12-18(19)24)27-29(28-21)17-10-4-14(2)5-11-17/h4-13H,3H2,1-2H3,(H2,25,26,30,31). The molecule has 0 bridgehead atoms. The lowest BCUT2D eigenvalue weighted by molar-refractivity contribution is 0.0977. The molecule has 31 heavy (non-hydrogen) atoms. The third-order valence-corrected chi connectivity index (χ3v) is 5.35. The number of hydrogen-bond acceptors (Lipinski definition) is 4. The van der Waals surface area contributed by atoms with Gasteiger partial charge in [0, 0.05) is 5.56 Å². The molecule has 0 aliphatic carbocycles. The van der Waals surface area contributed by atoms with Crippen molar-refractivity contribution in [3.8, 4) is 5.69 Å². The Bertz CT molecular complexity index is 1270. The van der Waals surface area contributed by atoms with Gasteiger partial charge in [-0.25, -0.2) is 0 Å². The van der Waals surface area contributed by atoms with Gasteiger partial charge in [-0.1, -0.05) is 48.4 Å². The molecule has 4 aromatic rings. The van der Waals surface area contributed by atoms with E-state index in [1.54, 1.807) is 29.1 Å². The van der Waals surface area contributed by atoms with Crippen molar-refractivity contribution in [1.82, 2.24) is 20.3 Å². The Kier molecular flexibility index (Phi) is 5.97. The van der Waals surface area contributed by atoms with Crippen LogP contribution in [0.5, 0.6) is 0 Å². The zero-order valence-corrected chi connectivity index (χ0v) is 18.6. The zero-order valence-electron chi connectivity index (χ0n) is 17.0. The number of carbonyl (C=O) groups excluding carboxylic acids is 1. The first kappa shape index (κ1) is 21.0. The monoisotopic (exact) mass is 449 g/mol. The van der Waals surface area contributed by atoms with Crippen LogP contribution in [-0.2, 0) is 6.42 Å². The van der Waals surface area contributed by atoms with Crippen LogP contribution in [0.25, 0.3) is 16.7 Å². The number of fused-ring (bicyclic) bond motifs is 1. The number of rotatable bonds is 4. The van der Waals surface area contributed by atoms with Crippen molar-refractivity contribution in [2.45, 2.75) is 20.3 Å². The van der Waals surface area contributed by atoms with Crippen LogP contribution in [0, 0.1) is 6.92 Å². The van der Waals surface area contributed by atoms with Crippen LogP contribution in [-0.4, -0.2) is 26.0 Å². The molecule has 1 amide bonds. The molecular formula is C23H20ClN5OS. The Morgan fingerprint density at radius 3 is 2.32 bits per heavy atom. The summed E-state index contributed by atoms with van der Waals surface area (Å²) in [6.07, 6.45) is 0.914. The van der Waals surface area contributed by atoms with Gasteiger partial charge in [-0.2, -0.15) is 4.80 Å². The third-order valence-electron chi connectivity index (χ3n) is 4.83. The van der Waals surface area contributed by atoms with E-state index in [-0.39, 0.29) is 11.0 Å². The molecule has 0 saturated carbocycles. The predicted molar refractivity (Wildman–Crippen MR) is 128 cm³/mol. The van der Waals surface area contributed by atoms with Crippen LogP contribution in [0.15, 0.2) is 60.7 Å². The number of aromatic nitrogens is 3. The molecule has 6 nitrogen and oxygen atoms in total. The Labute approximate surface area is 190 Å². The highest BCUT2D eigenvalue weighted by Crippen LogP contribution is 2.27. The number of anilines is 1. The van der Waals surface area contributed by atoms with E-state index in [1.807, 2.05) is 43.3 Å². The maximum atomic E-state index is 12.4. The first-order valence-corrected chi connectivity index (χ1v) is 10.6. The molecule has 0 radical (unpaired) electrons. The van der Waals surface area contributed by atoms with Crippen LogP contribution in [0.4, 0.5) is 5.69 Å². The molecule has 8 heteroatoms. The van der Waals surface area contributed by atoms with E-state index < -0.39 is 0 Å². The fraction of sp³-hybridized carbons (Fsp3) is 0.130. The van der Waals surface area contributed by atoms with Crippen molar-refractivity contribution >= 4 is 51.6 Å². The van der Waals surface area contributed by atoms with E-state index in [9.17, 15) is 4.79 Å². The highest BCUT2D eigenvalue weighted by molar-refractivity contribution is 7.80. The fourth-order valence-corrected chi connectivity index (χ4v) is 3.46. The highest BCUT2D eigenvalue weighted by atomic mass is 35.5. The average molecular weight is 450 g/mol. The fourth-order valence-electron chi connectivity index (χ4n) is 3.05. The van der Waals surface area contributed by atoms with E-state index in [1.165, 1.54) is 0 Å². The number of carbonyl (C=O) groups is 1. The molecule has 0 fully saturated rings. The second kappa shape index (κ2) is 8.83. The minimum absolute atomic E-state index is 0.150. The largest absolute Gasteiger partial charge is 0.331 e. The van der Waals surface area contributed by atoms with Crippen LogP contribution >= 0.6 is 23.8 Å². The molecule has 1 aromatic heterocycles. The molecule has 0 unspecified atom stereocenters. The first-order chi connectivity index (χ1) is 14.9. The Morgan fingerprint density at radius 2 is 1.68 bits per heavy atom. The lowest BCUT2D eigenvalue weighted by Crippen LogP contribution is -2.34. The maximum Gasteiger partial charge on any atom is 0.257 e. The molecule has 0 atom stereocenters. The molecule has 0 saturated heterocycles. The van der Waals surface area contributed by atoms with Gasteiger partial charge in [0.05, 0.1) is 16.4 Å². The van der Waals surface area contributed by atoms with Gasteiger partial charge in [-0.3, -0.25) is 10.1 Å². The summed E-state index contributed by atoms with van der Waals surface area (Å²) < 4.78 is 0. The van der Waals surface area contributed by atoms with Crippen molar-refractivity contribution < 1.29 is 4.79 Å². The van der Waals surface area contributed by atoms with Crippen LogP contribution in [0.2, 0.25) is 5.02 Å². The van der Waals surface area contributed by atoms with Gasteiger partial charge in [0.2, 0.25) is 0 Å². The van der Waals surface area contributed by atoms with Gasteiger partial charge in [-0.15, -0.1) is 10.2 Å². The zero-order chi connectivity index (χ0) is 22.0. The number of benzene rings is 3. The van der Waals surface area contributed by atoms with Gasteiger partial charge in [0.25, 0.3) is 5.91 Å². The molecule has 4 rings (SSSR count). The summed E-state index contributed by atoms with van der Waals surface area (Å²) >= 11 is 11.7. The number of thiocarbonyl (C=S) groups is 1. The van der Waals surface area contributed by atoms with Gasteiger partial charge in [0.1, 0.15) is 11.0 Å². The highest BCUT2D eigenvalue weighted by Gasteiger charge is 2.12. The quantitative estimate of drug-likeness (QED) is 0.425. The summed E-state index contributed by atoms with van der Waals surface area (Å²) in [5, 5.41) is 15.2. The van der Waals surface area contributed by atoms with Crippen molar-refractivity contribution in [2.75, 3.05) is 5.32 Å². The van der Waals surface area contributed by atoms with Crippen LogP contribution < -0.4 is 10.6 Å². The average Bonchev–Trinajstić information content (AvgIpc) is 3.17. The number of aryl methyl sites for hydroxylation is 2. The molecule has 2 N–H and O–H groups in total. The molecular weight excluding hydrogens is 430 g/mol. The predicted octanol–water partition coefficient (Wildman–Crippen LogP) is 5.07. The smallest absolute Gasteiger partial charge is 0.257 e. The Balaban J connectivity index is 1.50. The summed E-state index contributed by atoms with van der Waals surface area (Å²) in [7, 11) is 0. The third kappa shape index (κ3) is 4.73. The topological polar surface area (TPSA) is 71.8 Å². The summed E-state index contributed by atoms with van der Waals surface area (Å²) in [5.74, 6) is -0.289. The summed E-state index contributed by atoms with van der Waals surface area (Å²) in [6, 6.07) is 18.8. The van der Waals surface area contributed by atoms with Crippen molar-refractivity contribution in [3.05, 3.63) is 82.4 Å². The van der Waals surface area contributed by atoms with Crippen LogP contribution in [0.3, 0.4) is 0 Å². The van der Waals surface area contributed by atoms with Crippen molar-refractivity contribution in [2.24, 2.45) is 0 Å². The molecule has 1 heterocycles. The lowest BCUT2D eigenvalue weighted by Gasteiger charge is -2.11. The van der Waals surface area contributed by atoms with E-state index >= 15 is 0 Å². The second-order valence-corrected chi connectivity index (χ2v) is 7.92. The summed E-state index contributed by atoms with van der Waals surface area (Å²) in [6.45, 7) is 4.09. The molecule has 0 aliphatic rings.